The smallest absolute Gasteiger partial charge is 0.143 e. The van der Waals surface area contributed by atoms with Crippen LogP contribution in [0.1, 0.15) is 31.2 Å². The summed E-state index contributed by atoms with van der Waals surface area (Å²) in [7, 11) is 2.18. The summed E-state index contributed by atoms with van der Waals surface area (Å²) in [6, 6.07) is 6.47. The Balaban J connectivity index is 1.79. The molecule has 96 valence electrons. The molecule has 1 fully saturated rings. The summed E-state index contributed by atoms with van der Waals surface area (Å²) in [5.41, 5.74) is 0.612. The highest BCUT2D eigenvalue weighted by Crippen LogP contribution is 2.22. The van der Waals surface area contributed by atoms with E-state index in [0.29, 0.717) is 11.4 Å². The zero-order valence-electron chi connectivity index (χ0n) is 10.9. The number of aromatic nitrogens is 1. The Hall–Kier alpha value is -1.60. The maximum absolute atomic E-state index is 8.96. The van der Waals surface area contributed by atoms with Gasteiger partial charge in [-0.2, -0.15) is 5.26 Å². The standard InChI is InChI=1S/C14H20N4/c1-18(13-6-2-3-7-13)10-9-17-14-12(11-15)5-4-8-16-14/h4-5,8,13H,2-3,6-7,9-10H2,1H3,(H,16,17). The van der Waals surface area contributed by atoms with Crippen molar-refractivity contribution in [2.45, 2.75) is 31.7 Å². The van der Waals surface area contributed by atoms with Gasteiger partial charge in [-0.1, -0.05) is 12.8 Å². The molecule has 0 amide bonds. The summed E-state index contributed by atoms with van der Waals surface area (Å²) in [4.78, 5) is 6.60. The molecule has 1 N–H and O–H groups in total. The summed E-state index contributed by atoms with van der Waals surface area (Å²) in [6.07, 6.45) is 7.08. The first kappa shape index (κ1) is 12.8. The van der Waals surface area contributed by atoms with E-state index in [2.05, 4.69) is 28.3 Å². The van der Waals surface area contributed by atoms with Gasteiger partial charge in [-0.25, -0.2) is 4.98 Å². The van der Waals surface area contributed by atoms with Crippen LogP contribution in [0.2, 0.25) is 0 Å². The normalized spacial score (nSPS) is 15.8. The fourth-order valence-corrected chi connectivity index (χ4v) is 2.51. The Bertz CT molecular complexity index is 418. The molecular weight excluding hydrogens is 224 g/mol. The van der Waals surface area contributed by atoms with Gasteiger partial charge in [0, 0.05) is 25.3 Å². The van der Waals surface area contributed by atoms with Gasteiger partial charge in [0.1, 0.15) is 11.9 Å². The van der Waals surface area contributed by atoms with Crippen molar-refractivity contribution in [3.8, 4) is 6.07 Å². The molecule has 0 unspecified atom stereocenters. The summed E-state index contributed by atoms with van der Waals surface area (Å²) < 4.78 is 0. The van der Waals surface area contributed by atoms with Crippen LogP contribution >= 0.6 is 0 Å². The minimum atomic E-state index is 0.612. The molecule has 0 bridgehead atoms. The van der Waals surface area contributed by atoms with Gasteiger partial charge in [0.05, 0.1) is 5.56 Å². The minimum absolute atomic E-state index is 0.612. The van der Waals surface area contributed by atoms with Crippen molar-refractivity contribution in [2.75, 3.05) is 25.5 Å². The van der Waals surface area contributed by atoms with E-state index in [-0.39, 0.29) is 0 Å². The van der Waals surface area contributed by atoms with Gasteiger partial charge in [0.2, 0.25) is 0 Å². The largest absolute Gasteiger partial charge is 0.368 e. The first-order chi connectivity index (χ1) is 8.81. The van der Waals surface area contributed by atoms with E-state index in [0.717, 1.165) is 19.1 Å². The molecule has 0 radical (unpaired) electrons. The highest BCUT2D eigenvalue weighted by Gasteiger charge is 2.18. The average molecular weight is 244 g/mol. The third-order valence-corrected chi connectivity index (χ3v) is 3.63. The Morgan fingerprint density at radius 3 is 3.00 bits per heavy atom. The van der Waals surface area contributed by atoms with Gasteiger partial charge in [-0.05, 0) is 32.0 Å². The molecule has 0 spiro atoms. The Labute approximate surface area is 109 Å². The van der Waals surface area contributed by atoms with Crippen molar-refractivity contribution in [3.63, 3.8) is 0 Å². The predicted octanol–water partition coefficient (Wildman–Crippen LogP) is 2.24. The monoisotopic (exact) mass is 244 g/mol. The quantitative estimate of drug-likeness (QED) is 0.863. The zero-order chi connectivity index (χ0) is 12.8. The molecule has 0 saturated heterocycles. The molecule has 0 aromatic carbocycles. The van der Waals surface area contributed by atoms with Gasteiger partial charge in [-0.15, -0.1) is 0 Å². The second-order valence-corrected chi connectivity index (χ2v) is 4.86. The number of likely N-dealkylation sites (N-methyl/N-ethyl adjacent to an activating group) is 1. The number of hydrogen-bond donors (Lipinski definition) is 1. The topological polar surface area (TPSA) is 52.0 Å². The third-order valence-electron chi connectivity index (χ3n) is 3.63. The SMILES string of the molecule is CN(CCNc1ncccc1C#N)C1CCCC1. The lowest BCUT2D eigenvalue weighted by Crippen LogP contribution is -2.33. The number of nitrogens with zero attached hydrogens (tertiary/aromatic N) is 3. The van der Waals surface area contributed by atoms with Crippen molar-refractivity contribution >= 4 is 5.82 Å². The van der Waals surface area contributed by atoms with Gasteiger partial charge < -0.3 is 10.2 Å². The number of nitriles is 1. The van der Waals surface area contributed by atoms with E-state index in [1.54, 1.807) is 18.3 Å². The van der Waals surface area contributed by atoms with Crippen LogP contribution in [0.25, 0.3) is 0 Å². The Kier molecular flexibility index (Phi) is 4.54. The van der Waals surface area contributed by atoms with Crippen molar-refractivity contribution in [1.29, 1.82) is 5.26 Å². The van der Waals surface area contributed by atoms with Gasteiger partial charge >= 0.3 is 0 Å². The van der Waals surface area contributed by atoms with Gasteiger partial charge in [0.25, 0.3) is 0 Å². The zero-order valence-corrected chi connectivity index (χ0v) is 10.9. The van der Waals surface area contributed by atoms with Crippen molar-refractivity contribution in [3.05, 3.63) is 23.9 Å². The summed E-state index contributed by atoms with van der Waals surface area (Å²) in [5, 5.41) is 12.2. The second-order valence-electron chi connectivity index (χ2n) is 4.86. The molecule has 1 aliphatic rings. The minimum Gasteiger partial charge on any atom is -0.368 e. The van der Waals surface area contributed by atoms with Crippen LogP contribution in [0.4, 0.5) is 5.82 Å². The summed E-state index contributed by atoms with van der Waals surface area (Å²) in [6.45, 7) is 1.82. The molecule has 1 heterocycles. The predicted molar refractivity (Wildman–Crippen MR) is 72.3 cm³/mol. The van der Waals surface area contributed by atoms with Crippen LogP contribution in [0, 0.1) is 11.3 Å². The third kappa shape index (κ3) is 3.21. The Morgan fingerprint density at radius 1 is 1.50 bits per heavy atom. The highest BCUT2D eigenvalue weighted by molar-refractivity contribution is 5.51. The first-order valence-corrected chi connectivity index (χ1v) is 6.60. The van der Waals surface area contributed by atoms with E-state index in [1.165, 1.54) is 25.7 Å². The van der Waals surface area contributed by atoms with Crippen LogP contribution in [0.5, 0.6) is 0 Å². The van der Waals surface area contributed by atoms with Crippen molar-refractivity contribution in [1.82, 2.24) is 9.88 Å². The molecule has 1 aromatic rings. The number of rotatable bonds is 5. The van der Waals surface area contributed by atoms with Crippen LogP contribution in [-0.2, 0) is 0 Å². The van der Waals surface area contributed by atoms with Gasteiger partial charge in [-0.3, -0.25) is 0 Å². The summed E-state index contributed by atoms with van der Waals surface area (Å²) in [5.74, 6) is 0.694. The maximum Gasteiger partial charge on any atom is 0.143 e. The molecule has 0 aliphatic heterocycles. The van der Waals surface area contributed by atoms with Crippen LogP contribution < -0.4 is 5.32 Å². The molecule has 0 atom stereocenters. The fraction of sp³-hybridized carbons (Fsp3) is 0.571. The lowest BCUT2D eigenvalue weighted by atomic mass is 10.2. The lowest BCUT2D eigenvalue weighted by molar-refractivity contribution is 0.254. The van der Waals surface area contributed by atoms with Gasteiger partial charge in [0.15, 0.2) is 0 Å². The molecule has 4 nitrogen and oxygen atoms in total. The van der Waals surface area contributed by atoms with E-state index in [9.17, 15) is 0 Å². The first-order valence-electron chi connectivity index (χ1n) is 6.60. The highest BCUT2D eigenvalue weighted by atomic mass is 15.1. The Morgan fingerprint density at radius 2 is 2.28 bits per heavy atom. The van der Waals surface area contributed by atoms with E-state index in [4.69, 9.17) is 5.26 Å². The van der Waals surface area contributed by atoms with Crippen LogP contribution in [0.15, 0.2) is 18.3 Å². The molecular formula is C14H20N4. The molecule has 2 rings (SSSR count). The molecule has 4 heteroatoms. The molecule has 18 heavy (non-hydrogen) atoms. The average Bonchev–Trinajstić information content (AvgIpc) is 2.93. The summed E-state index contributed by atoms with van der Waals surface area (Å²) >= 11 is 0. The van der Waals surface area contributed by atoms with E-state index >= 15 is 0 Å². The maximum atomic E-state index is 8.96. The number of anilines is 1. The van der Waals surface area contributed by atoms with E-state index < -0.39 is 0 Å². The number of pyridine rings is 1. The second kappa shape index (κ2) is 6.36. The lowest BCUT2D eigenvalue weighted by Gasteiger charge is -2.24. The van der Waals surface area contributed by atoms with Crippen LogP contribution in [-0.4, -0.2) is 36.1 Å². The molecule has 1 aromatic heterocycles. The van der Waals surface area contributed by atoms with E-state index in [1.807, 2.05) is 0 Å². The molecule has 1 saturated carbocycles. The van der Waals surface area contributed by atoms with Crippen molar-refractivity contribution < 1.29 is 0 Å². The number of hydrogen-bond acceptors (Lipinski definition) is 4. The number of nitrogens with one attached hydrogen (secondary N) is 1. The van der Waals surface area contributed by atoms with Crippen LogP contribution in [0.3, 0.4) is 0 Å². The van der Waals surface area contributed by atoms with Crippen molar-refractivity contribution in [2.24, 2.45) is 0 Å². The molecule has 1 aliphatic carbocycles. The fourth-order valence-electron chi connectivity index (χ4n) is 2.51.